The maximum atomic E-state index is 14.8. The first-order chi connectivity index (χ1) is 44.9. The summed E-state index contributed by atoms with van der Waals surface area (Å²) in [5.74, 6) is -7.16. The molecular weight excluding hydrogens is 1230 g/mol. The van der Waals surface area contributed by atoms with Gasteiger partial charge in [-0.2, -0.15) is 16.7 Å². The number of primary amides is 2. The summed E-state index contributed by atoms with van der Waals surface area (Å²) in [4.78, 5) is 163. The van der Waals surface area contributed by atoms with Crippen LogP contribution in [0.25, 0.3) is 0 Å². The molecule has 0 saturated carbocycles. The Morgan fingerprint density at radius 1 is 0.606 bits per heavy atom. The molecule has 2 saturated heterocycles. The van der Waals surface area contributed by atoms with Crippen molar-refractivity contribution in [2.75, 3.05) is 38.2 Å². The standard InChI is InChI=1S/C63H96N18O12S/c1-37(2)33-45(75-54(85)40(65)27-32-94-3)50(82)36-53-78-60(93-79-53)47(35-39-17-8-5-9-18-39)77-57(88)46(34-38-15-6-4-7-16-38)76-56(87)42(23-25-51(67)83)72-55(86)43(24-26-52(68)84)73-58(89)49-22-14-31-81(49)62(92)44(20-10-11-28-64)74-59(90)48-21-13-30-80(48)61(91)41(66)19-12-29-71-63(69)70/h4-9,15-18,37,40-49H,10-14,19-36,64-66H2,1-3H3,(H2,67,83)(H2,68,84)(H,72,86)(H,73,89)(H,74,90)(H,75,85)(H,76,87)(H,77,88)(H4,69,70,71)/t40-,41-,42-,43-,44-,45-,46-,47-,48-,49-/m0/s1. The molecule has 10 atom stereocenters. The van der Waals surface area contributed by atoms with E-state index in [1.165, 1.54) is 9.80 Å². The topological polar surface area (TPSA) is 500 Å². The van der Waals surface area contributed by atoms with E-state index in [2.05, 4.69) is 47.0 Å². The number of hydrogen-bond donors (Lipinski definition) is 13. The average molecular weight is 1330 g/mol. The highest BCUT2D eigenvalue weighted by Gasteiger charge is 2.42. The lowest BCUT2D eigenvalue weighted by Crippen LogP contribution is -2.59. The zero-order valence-corrected chi connectivity index (χ0v) is 54.8. The van der Waals surface area contributed by atoms with Crippen LogP contribution in [-0.4, -0.2) is 183 Å². The highest BCUT2D eigenvalue weighted by molar-refractivity contribution is 7.98. The van der Waals surface area contributed by atoms with Crippen molar-refractivity contribution in [3.05, 3.63) is 83.5 Å². The number of benzene rings is 2. The summed E-state index contributed by atoms with van der Waals surface area (Å²) in [7, 11) is 0. The lowest BCUT2D eigenvalue weighted by atomic mass is 9.98. The quantitative estimate of drug-likeness (QED) is 0.0173. The Hall–Kier alpha value is -8.55. The molecule has 3 aromatic rings. The van der Waals surface area contributed by atoms with Crippen molar-refractivity contribution in [1.82, 2.24) is 51.8 Å². The number of guanidine groups is 1. The van der Waals surface area contributed by atoms with Crippen LogP contribution in [-0.2, 0) is 72.0 Å². The fourth-order valence-corrected chi connectivity index (χ4v) is 11.6. The molecule has 0 bridgehead atoms. The summed E-state index contributed by atoms with van der Waals surface area (Å²) in [6.07, 6.45) is 3.69. The molecule has 0 spiro atoms. The van der Waals surface area contributed by atoms with Crippen molar-refractivity contribution in [2.24, 2.45) is 51.0 Å². The SMILES string of the molecule is CSCC[C@H](N)C(=O)N[C@@H](CC(C)C)C(=O)Cc1noc([C@H](Cc2ccccc2)NC(=O)[C@H](Cc2ccccc2)NC(=O)[C@H](CCC(N)=O)NC(=O)[C@H](CCC(N)=O)NC(=O)[C@@H]2CCCN2C(=O)[C@H](CCCCN)NC(=O)[C@@H]2CCCN2C(=O)[C@@H](N)CCCN=C(N)N)n1. The molecule has 20 N–H and O–H groups in total. The van der Waals surface area contributed by atoms with Crippen LogP contribution < -0.4 is 72.0 Å². The molecule has 5 rings (SSSR count). The number of aliphatic imine (C=N–C) groups is 1. The van der Waals surface area contributed by atoms with E-state index >= 15 is 0 Å². The van der Waals surface area contributed by atoms with Gasteiger partial charge >= 0.3 is 0 Å². The number of nitrogens with one attached hydrogen (secondary N) is 6. The van der Waals surface area contributed by atoms with Crippen molar-refractivity contribution in [3.63, 3.8) is 0 Å². The Labute approximate surface area is 552 Å². The van der Waals surface area contributed by atoms with Crippen molar-refractivity contribution >= 4 is 82.6 Å². The van der Waals surface area contributed by atoms with Crippen LogP contribution in [0, 0.1) is 5.92 Å². The van der Waals surface area contributed by atoms with E-state index < -0.39 is 145 Å². The number of nitrogens with two attached hydrogens (primary N) is 7. The molecule has 94 heavy (non-hydrogen) atoms. The predicted molar refractivity (Wildman–Crippen MR) is 351 cm³/mol. The highest BCUT2D eigenvalue weighted by Crippen LogP contribution is 2.24. The first kappa shape index (κ1) is 76.2. The van der Waals surface area contributed by atoms with Crippen LogP contribution in [0.2, 0.25) is 0 Å². The van der Waals surface area contributed by atoms with Crippen molar-refractivity contribution in [3.8, 4) is 0 Å². The minimum absolute atomic E-state index is 0.0136. The first-order valence-corrected chi connectivity index (χ1v) is 33.5. The maximum Gasteiger partial charge on any atom is 0.249 e. The number of thioether (sulfide) groups is 1. The lowest BCUT2D eigenvalue weighted by molar-refractivity contribution is -0.144. The molecule has 10 amide bonds. The number of hydrogen-bond acceptors (Lipinski definition) is 19. The number of ketones is 1. The minimum Gasteiger partial charge on any atom is -0.370 e. The van der Waals surface area contributed by atoms with E-state index in [1.54, 1.807) is 60.3 Å². The number of aromatic nitrogens is 2. The Morgan fingerprint density at radius 2 is 1.14 bits per heavy atom. The summed E-state index contributed by atoms with van der Waals surface area (Å²) in [5, 5.41) is 20.6. The van der Waals surface area contributed by atoms with Gasteiger partial charge in [0.25, 0.3) is 0 Å². The summed E-state index contributed by atoms with van der Waals surface area (Å²) in [6.45, 7) is 4.73. The number of Topliss-reactive ketones (excluding diaryl/α,β-unsaturated/α-hetero) is 1. The van der Waals surface area contributed by atoms with E-state index in [1.807, 2.05) is 32.2 Å². The molecule has 1 aromatic heterocycles. The Balaban J connectivity index is 1.36. The van der Waals surface area contributed by atoms with Gasteiger partial charge < -0.3 is 86.4 Å². The van der Waals surface area contributed by atoms with Crippen LogP contribution in [0.4, 0.5) is 0 Å². The average Bonchev–Trinajstić information content (AvgIpc) is 1.63. The number of carbonyl (C=O) groups excluding carboxylic acids is 11. The van der Waals surface area contributed by atoms with Gasteiger partial charge in [-0.15, -0.1) is 0 Å². The molecule has 0 aliphatic carbocycles. The maximum absolute atomic E-state index is 14.8. The van der Waals surface area contributed by atoms with Crippen LogP contribution >= 0.6 is 11.8 Å². The normalized spacial score (nSPS) is 17.1. The third kappa shape index (κ3) is 25.1. The summed E-state index contributed by atoms with van der Waals surface area (Å²) in [5.41, 5.74) is 41.5. The number of carbonyl (C=O) groups is 11. The van der Waals surface area contributed by atoms with Crippen molar-refractivity contribution in [1.29, 1.82) is 0 Å². The second kappa shape index (κ2) is 39.2. The molecule has 0 unspecified atom stereocenters. The second-order valence-corrected chi connectivity index (χ2v) is 25.2. The Morgan fingerprint density at radius 3 is 1.69 bits per heavy atom. The van der Waals surface area contributed by atoms with Crippen LogP contribution in [0.3, 0.4) is 0 Å². The number of unbranched alkanes of at least 4 members (excludes halogenated alkanes) is 1. The fourth-order valence-electron chi connectivity index (χ4n) is 11.1. The zero-order chi connectivity index (χ0) is 68.9. The van der Waals surface area contributed by atoms with Gasteiger partial charge in [-0.3, -0.25) is 57.7 Å². The van der Waals surface area contributed by atoms with Crippen molar-refractivity contribution in [2.45, 2.75) is 190 Å². The third-order valence-electron chi connectivity index (χ3n) is 16.2. The molecule has 0 radical (unpaired) electrons. The number of rotatable bonds is 41. The first-order valence-electron chi connectivity index (χ1n) is 32.1. The van der Waals surface area contributed by atoms with Gasteiger partial charge in [-0.05, 0) is 119 Å². The monoisotopic (exact) mass is 1330 g/mol. The van der Waals surface area contributed by atoms with E-state index in [0.29, 0.717) is 69.2 Å². The van der Waals surface area contributed by atoms with E-state index in [4.69, 9.17) is 44.7 Å². The lowest BCUT2D eigenvalue weighted by Gasteiger charge is -2.32. The fraction of sp³-hybridized carbons (Fsp3) is 0.587. The number of likely N-dealkylation sites (tertiary alicyclic amines) is 2. The van der Waals surface area contributed by atoms with Gasteiger partial charge in [0.1, 0.15) is 42.3 Å². The molecule has 2 aliphatic rings. The number of amides is 10. The van der Waals surface area contributed by atoms with E-state index in [9.17, 15) is 52.7 Å². The van der Waals surface area contributed by atoms with Crippen LogP contribution in [0.15, 0.2) is 70.2 Å². The largest absolute Gasteiger partial charge is 0.370 e. The molecule has 2 aliphatic heterocycles. The van der Waals surface area contributed by atoms with E-state index in [-0.39, 0.29) is 88.2 Å². The van der Waals surface area contributed by atoms with Crippen LogP contribution in [0.5, 0.6) is 0 Å². The summed E-state index contributed by atoms with van der Waals surface area (Å²) in [6, 6.07) is 6.15. The molecule has 31 heteroatoms. The molecule has 3 heterocycles. The van der Waals surface area contributed by atoms with Gasteiger partial charge in [0.2, 0.25) is 65.0 Å². The van der Waals surface area contributed by atoms with Gasteiger partial charge in [0.15, 0.2) is 17.6 Å². The molecule has 2 fully saturated rings. The summed E-state index contributed by atoms with van der Waals surface area (Å²) >= 11 is 1.54. The van der Waals surface area contributed by atoms with Gasteiger partial charge in [0.05, 0.1) is 24.5 Å². The Kier molecular flexibility index (Phi) is 31.8. The molecule has 30 nitrogen and oxygen atoms in total. The molecule has 516 valence electrons. The molecular formula is C63H96N18O12S. The molecule has 2 aromatic carbocycles. The minimum atomic E-state index is -1.59. The number of nitrogens with zero attached hydrogens (tertiary/aromatic N) is 5. The Bertz CT molecular complexity index is 3040. The van der Waals surface area contributed by atoms with Gasteiger partial charge in [0, 0.05) is 45.3 Å². The van der Waals surface area contributed by atoms with E-state index in [0.717, 1.165) is 5.56 Å². The highest BCUT2D eigenvalue weighted by atomic mass is 32.2. The van der Waals surface area contributed by atoms with Crippen LogP contribution in [0.1, 0.15) is 139 Å². The van der Waals surface area contributed by atoms with Crippen molar-refractivity contribution < 1.29 is 57.3 Å². The van der Waals surface area contributed by atoms with Gasteiger partial charge in [-0.1, -0.05) is 79.7 Å². The second-order valence-electron chi connectivity index (χ2n) is 24.2. The predicted octanol–water partition coefficient (Wildman–Crippen LogP) is -1.60. The smallest absolute Gasteiger partial charge is 0.249 e. The summed E-state index contributed by atoms with van der Waals surface area (Å²) < 4.78 is 5.73. The van der Waals surface area contributed by atoms with Gasteiger partial charge in [-0.25, -0.2) is 0 Å². The zero-order valence-electron chi connectivity index (χ0n) is 54.0. The third-order valence-corrected chi connectivity index (χ3v) is 16.8.